The number of hydrogen-bond donors (Lipinski definition) is 1. The van der Waals surface area contributed by atoms with Gasteiger partial charge in [0.05, 0.1) is 32.5 Å². The molecule has 0 saturated carbocycles. The molecule has 8 heteroatoms. The second kappa shape index (κ2) is 11.2. The Balaban J connectivity index is 1.84. The molecule has 0 aliphatic carbocycles. The Morgan fingerprint density at radius 1 is 0.788 bits per heavy atom. The van der Waals surface area contributed by atoms with Crippen molar-refractivity contribution in [1.29, 1.82) is 0 Å². The number of benzene rings is 3. The summed E-state index contributed by atoms with van der Waals surface area (Å²) in [5.74, 6) is -0.391. The van der Waals surface area contributed by atoms with Crippen LogP contribution in [0.15, 0.2) is 71.6 Å². The van der Waals surface area contributed by atoms with E-state index in [2.05, 4.69) is 5.32 Å². The van der Waals surface area contributed by atoms with Crippen LogP contribution in [0.4, 0.5) is 5.69 Å². The van der Waals surface area contributed by atoms with Crippen LogP contribution in [0.1, 0.15) is 36.6 Å². The Bertz CT molecular complexity index is 1130. The monoisotopic (exact) mass is 465 g/mol. The Morgan fingerprint density at radius 3 is 2.00 bits per heavy atom. The van der Waals surface area contributed by atoms with Crippen LogP contribution < -0.4 is 10.1 Å². The molecule has 0 aromatic heterocycles. The molecule has 3 rings (SSSR count). The van der Waals surface area contributed by atoms with E-state index in [0.717, 1.165) is 10.5 Å². The van der Waals surface area contributed by atoms with Gasteiger partial charge in [-0.2, -0.15) is 0 Å². The van der Waals surface area contributed by atoms with Gasteiger partial charge in [-0.15, -0.1) is 11.8 Å². The Labute approximate surface area is 196 Å². The standard InChI is InChI=1S/C25H23NO6S/c1-30-22-10-9-16(11-19(22)15-33-21-7-5-4-6-8-21)23(27)26-20-13-17(24(28)31-2)12-18(14-20)25(29)32-3/h4-14H,15H2,1-3H3,(H,26,27). The Morgan fingerprint density at radius 2 is 1.42 bits per heavy atom. The van der Waals surface area contributed by atoms with Crippen LogP contribution in [0.2, 0.25) is 0 Å². The molecule has 0 spiro atoms. The van der Waals surface area contributed by atoms with Crippen LogP contribution in [0.3, 0.4) is 0 Å². The zero-order valence-electron chi connectivity index (χ0n) is 18.4. The minimum atomic E-state index is -0.638. The summed E-state index contributed by atoms with van der Waals surface area (Å²) < 4.78 is 14.9. The fourth-order valence-corrected chi connectivity index (χ4v) is 3.98. The van der Waals surface area contributed by atoms with E-state index >= 15 is 0 Å². The van der Waals surface area contributed by atoms with E-state index in [9.17, 15) is 14.4 Å². The number of hydrogen-bond acceptors (Lipinski definition) is 7. The van der Waals surface area contributed by atoms with Gasteiger partial charge in [0.1, 0.15) is 5.75 Å². The van der Waals surface area contributed by atoms with Crippen molar-refractivity contribution in [3.8, 4) is 5.75 Å². The smallest absolute Gasteiger partial charge is 0.337 e. The van der Waals surface area contributed by atoms with Crippen molar-refractivity contribution in [2.45, 2.75) is 10.6 Å². The fraction of sp³-hybridized carbons (Fsp3) is 0.160. The minimum absolute atomic E-state index is 0.116. The fourth-order valence-electron chi connectivity index (χ4n) is 3.08. The van der Waals surface area contributed by atoms with Crippen LogP contribution in [0, 0.1) is 0 Å². The average Bonchev–Trinajstić information content (AvgIpc) is 2.86. The van der Waals surface area contributed by atoms with Crippen molar-refractivity contribution < 1.29 is 28.6 Å². The number of carbonyl (C=O) groups is 3. The highest BCUT2D eigenvalue weighted by Gasteiger charge is 2.16. The first-order valence-corrected chi connectivity index (χ1v) is 10.9. The topological polar surface area (TPSA) is 90.9 Å². The lowest BCUT2D eigenvalue weighted by molar-refractivity contribution is 0.0599. The molecule has 0 radical (unpaired) electrons. The van der Waals surface area contributed by atoms with Gasteiger partial charge in [-0.3, -0.25) is 4.79 Å². The van der Waals surface area contributed by atoms with Gasteiger partial charge < -0.3 is 19.5 Å². The summed E-state index contributed by atoms with van der Waals surface area (Å²) in [7, 11) is 4.05. The van der Waals surface area contributed by atoms with E-state index in [0.29, 0.717) is 17.1 Å². The van der Waals surface area contributed by atoms with Crippen molar-refractivity contribution in [3.05, 3.63) is 89.0 Å². The van der Waals surface area contributed by atoms with Crippen LogP contribution >= 0.6 is 11.8 Å². The number of carbonyl (C=O) groups excluding carboxylic acids is 3. The molecule has 0 fully saturated rings. The molecular weight excluding hydrogens is 442 g/mol. The quantitative estimate of drug-likeness (QED) is 0.377. The van der Waals surface area contributed by atoms with Gasteiger partial charge in [-0.05, 0) is 48.5 Å². The highest BCUT2D eigenvalue weighted by atomic mass is 32.2. The number of amides is 1. The normalized spacial score (nSPS) is 10.3. The lowest BCUT2D eigenvalue weighted by Gasteiger charge is -2.12. The summed E-state index contributed by atoms with van der Waals surface area (Å²) in [5.41, 5.74) is 1.76. The van der Waals surface area contributed by atoms with E-state index < -0.39 is 17.8 Å². The van der Waals surface area contributed by atoms with Gasteiger partial charge in [-0.25, -0.2) is 9.59 Å². The van der Waals surface area contributed by atoms with Gasteiger partial charge >= 0.3 is 11.9 Å². The van der Waals surface area contributed by atoms with Crippen LogP contribution in [0.5, 0.6) is 5.75 Å². The molecule has 1 amide bonds. The molecule has 0 heterocycles. The zero-order chi connectivity index (χ0) is 23.8. The zero-order valence-corrected chi connectivity index (χ0v) is 19.2. The van der Waals surface area contributed by atoms with Gasteiger partial charge in [0, 0.05) is 27.5 Å². The third-order valence-corrected chi connectivity index (χ3v) is 5.77. The molecule has 33 heavy (non-hydrogen) atoms. The van der Waals surface area contributed by atoms with Crippen molar-refractivity contribution in [3.63, 3.8) is 0 Å². The summed E-state index contributed by atoms with van der Waals surface area (Å²) in [5, 5.41) is 2.73. The molecule has 0 atom stereocenters. The largest absolute Gasteiger partial charge is 0.496 e. The first-order chi connectivity index (χ1) is 15.9. The molecule has 3 aromatic carbocycles. The van der Waals surface area contributed by atoms with Crippen molar-refractivity contribution in [2.75, 3.05) is 26.6 Å². The molecule has 0 bridgehead atoms. The Hall–Kier alpha value is -3.78. The molecule has 0 unspecified atom stereocenters. The van der Waals surface area contributed by atoms with Crippen LogP contribution in [-0.2, 0) is 15.2 Å². The number of thioether (sulfide) groups is 1. The average molecular weight is 466 g/mol. The lowest BCUT2D eigenvalue weighted by Crippen LogP contribution is -2.14. The predicted octanol–water partition coefficient (Wildman–Crippen LogP) is 4.81. The SMILES string of the molecule is COC(=O)c1cc(NC(=O)c2ccc(OC)c(CSc3ccccc3)c2)cc(C(=O)OC)c1. The van der Waals surface area contributed by atoms with Gasteiger partial charge in [0.2, 0.25) is 0 Å². The second-order valence-electron chi connectivity index (χ2n) is 6.86. The summed E-state index contributed by atoms with van der Waals surface area (Å²) in [6.45, 7) is 0. The van der Waals surface area contributed by atoms with Crippen molar-refractivity contribution in [1.82, 2.24) is 0 Å². The molecule has 3 aromatic rings. The van der Waals surface area contributed by atoms with Gasteiger partial charge in [-0.1, -0.05) is 18.2 Å². The molecule has 0 aliphatic heterocycles. The Kier molecular flexibility index (Phi) is 8.10. The number of anilines is 1. The van der Waals surface area contributed by atoms with Crippen LogP contribution in [0.25, 0.3) is 0 Å². The summed E-state index contributed by atoms with van der Waals surface area (Å²) in [4.78, 5) is 38.0. The third-order valence-electron chi connectivity index (χ3n) is 4.71. The first kappa shape index (κ1) is 23.9. The van der Waals surface area contributed by atoms with Crippen LogP contribution in [-0.4, -0.2) is 39.2 Å². The summed E-state index contributed by atoms with van der Waals surface area (Å²) >= 11 is 1.63. The molecule has 0 aliphatic rings. The van der Waals surface area contributed by atoms with Crippen molar-refractivity contribution in [2.24, 2.45) is 0 Å². The minimum Gasteiger partial charge on any atom is -0.496 e. The van der Waals surface area contributed by atoms with E-state index in [1.165, 1.54) is 32.4 Å². The number of rotatable bonds is 8. The highest BCUT2D eigenvalue weighted by molar-refractivity contribution is 7.98. The van der Waals surface area contributed by atoms with E-state index in [1.807, 2.05) is 30.3 Å². The number of esters is 2. The maximum Gasteiger partial charge on any atom is 0.337 e. The summed E-state index contributed by atoms with van der Waals surface area (Å²) in [6.07, 6.45) is 0. The molecule has 1 N–H and O–H groups in total. The van der Waals surface area contributed by atoms with Crippen molar-refractivity contribution >= 4 is 35.3 Å². The van der Waals surface area contributed by atoms with Gasteiger partial charge in [0.25, 0.3) is 5.91 Å². The predicted molar refractivity (Wildman–Crippen MR) is 126 cm³/mol. The summed E-state index contributed by atoms with van der Waals surface area (Å²) in [6, 6.07) is 19.3. The number of ether oxygens (including phenoxy) is 3. The molecule has 7 nitrogen and oxygen atoms in total. The molecule has 0 saturated heterocycles. The molecule has 170 valence electrons. The molecular formula is C25H23NO6S. The lowest BCUT2D eigenvalue weighted by atomic mass is 10.1. The maximum absolute atomic E-state index is 13.0. The van der Waals surface area contributed by atoms with E-state index in [-0.39, 0.29) is 16.8 Å². The number of methoxy groups -OCH3 is 3. The van der Waals surface area contributed by atoms with Gasteiger partial charge in [0.15, 0.2) is 0 Å². The highest BCUT2D eigenvalue weighted by Crippen LogP contribution is 2.29. The van der Waals surface area contributed by atoms with E-state index in [1.54, 1.807) is 37.1 Å². The number of nitrogens with one attached hydrogen (secondary N) is 1. The maximum atomic E-state index is 13.0. The first-order valence-electron chi connectivity index (χ1n) is 9.93. The third kappa shape index (κ3) is 6.14. The van der Waals surface area contributed by atoms with E-state index in [4.69, 9.17) is 14.2 Å². The second-order valence-corrected chi connectivity index (χ2v) is 7.91.